The number of aliphatic hydroxyl groups excluding tert-OH is 1. The predicted molar refractivity (Wildman–Crippen MR) is 66.7 cm³/mol. The normalized spacial score (nSPS) is 38.0. The molecule has 0 spiro atoms. The Morgan fingerprint density at radius 2 is 2.12 bits per heavy atom. The zero-order valence-electron chi connectivity index (χ0n) is 10.5. The summed E-state index contributed by atoms with van der Waals surface area (Å²) in [6, 6.07) is -0.217. The first-order chi connectivity index (χ1) is 7.87. The van der Waals surface area contributed by atoms with Crippen LogP contribution in [0.1, 0.15) is 6.42 Å². The highest BCUT2D eigenvalue weighted by Crippen LogP contribution is 2.21. The Labute approximate surface area is 103 Å². The molecule has 0 aromatic carbocycles. The molecule has 0 aromatic rings. The van der Waals surface area contributed by atoms with Crippen LogP contribution < -0.4 is 0 Å². The smallest absolute Gasteiger partial charge is 0.154 e. The van der Waals surface area contributed by atoms with E-state index in [-0.39, 0.29) is 17.5 Å². The van der Waals surface area contributed by atoms with Crippen LogP contribution in [0.3, 0.4) is 0 Å². The Morgan fingerprint density at radius 3 is 2.59 bits per heavy atom. The lowest BCUT2D eigenvalue weighted by molar-refractivity contribution is 0.0906. The maximum Gasteiger partial charge on any atom is 0.154 e. The number of likely N-dealkylation sites (N-methyl/N-ethyl adjacent to an activating group) is 1. The van der Waals surface area contributed by atoms with E-state index in [1.807, 2.05) is 11.9 Å². The second-order valence-corrected chi connectivity index (χ2v) is 7.72. The molecule has 0 radical (unpaired) electrons. The van der Waals surface area contributed by atoms with Crippen LogP contribution in [-0.2, 0) is 9.84 Å². The van der Waals surface area contributed by atoms with Gasteiger partial charge in [-0.2, -0.15) is 0 Å². The second kappa shape index (κ2) is 4.84. The number of rotatable bonds is 3. The molecule has 3 unspecified atom stereocenters. The number of aliphatic hydroxyl groups is 1. The largest absolute Gasteiger partial charge is 0.390 e. The van der Waals surface area contributed by atoms with Crippen molar-refractivity contribution in [3.8, 4) is 0 Å². The molecule has 2 fully saturated rings. The summed E-state index contributed by atoms with van der Waals surface area (Å²) in [6.45, 7) is 3.06. The highest BCUT2D eigenvalue weighted by molar-refractivity contribution is 7.91. The SMILES string of the molecule is CN1CCC(CN(C)C2CS(=O)(=O)CC2O)C1. The quantitative estimate of drug-likeness (QED) is 0.709. The minimum Gasteiger partial charge on any atom is -0.390 e. The average Bonchev–Trinajstić information content (AvgIpc) is 2.70. The fourth-order valence-electron chi connectivity index (χ4n) is 2.95. The molecule has 2 heterocycles. The maximum absolute atomic E-state index is 11.5. The van der Waals surface area contributed by atoms with Gasteiger partial charge in [0.05, 0.1) is 23.7 Å². The van der Waals surface area contributed by atoms with E-state index in [0.717, 1.165) is 26.1 Å². The molecule has 0 amide bonds. The third-order valence-corrected chi connectivity index (χ3v) is 5.59. The molecule has 0 saturated carbocycles. The van der Waals surface area contributed by atoms with E-state index in [0.29, 0.717) is 5.92 Å². The van der Waals surface area contributed by atoms with E-state index < -0.39 is 15.9 Å². The fraction of sp³-hybridized carbons (Fsp3) is 1.00. The van der Waals surface area contributed by atoms with Crippen molar-refractivity contribution < 1.29 is 13.5 Å². The fourth-order valence-corrected chi connectivity index (χ4v) is 4.83. The molecule has 2 saturated heterocycles. The molecule has 2 aliphatic rings. The highest BCUT2D eigenvalue weighted by atomic mass is 32.2. The maximum atomic E-state index is 11.5. The Balaban J connectivity index is 1.90. The number of hydrogen-bond donors (Lipinski definition) is 1. The van der Waals surface area contributed by atoms with Gasteiger partial charge in [-0.1, -0.05) is 0 Å². The van der Waals surface area contributed by atoms with Crippen LogP contribution in [0.15, 0.2) is 0 Å². The number of hydrogen-bond acceptors (Lipinski definition) is 5. The molecule has 6 heteroatoms. The van der Waals surface area contributed by atoms with E-state index in [1.165, 1.54) is 0 Å². The van der Waals surface area contributed by atoms with Crippen molar-refractivity contribution in [2.45, 2.75) is 18.6 Å². The molecule has 2 aliphatic heterocycles. The average molecular weight is 262 g/mol. The first-order valence-corrected chi connectivity index (χ1v) is 7.97. The standard InChI is InChI=1S/C11H22N2O3S/c1-12-4-3-9(5-12)6-13(2)10-7-17(15,16)8-11(10)14/h9-11,14H,3-8H2,1-2H3. The third kappa shape index (κ3) is 3.19. The van der Waals surface area contributed by atoms with Gasteiger partial charge in [-0.05, 0) is 33.0 Å². The summed E-state index contributed by atoms with van der Waals surface area (Å²) in [5.41, 5.74) is 0. The van der Waals surface area contributed by atoms with Crippen molar-refractivity contribution in [2.24, 2.45) is 5.92 Å². The topological polar surface area (TPSA) is 60.9 Å². The van der Waals surface area contributed by atoms with Gasteiger partial charge in [-0.3, -0.25) is 4.90 Å². The van der Waals surface area contributed by atoms with Gasteiger partial charge in [-0.15, -0.1) is 0 Å². The molecule has 0 aliphatic carbocycles. The molecular weight excluding hydrogens is 240 g/mol. The van der Waals surface area contributed by atoms with E-state index in [1.54, 1.807) is 0 Å². The van der Waals surface area contributed by atoms with Crippen LogP contribution in [0.2, 0.25) is 0 Å². The van der Waals surface area contributed by atoms with Gasteiger partial charge in [0.1, 0.15) is 0 Å². The van der Waals surface area contributed by atoms with Crippen molar-refractivity contribution >= 4 is 9.84 Å². The first kappa shape index (κ1) is 13.3. The monoisotopic (exact) mass is 262 g/mol. The minimum absolute atomic E-state index is 0.0768. The lowest BCUT2D eigenvalue weighted by Gasteiger charge is -2.28. The van der Waals surface area contributed by atoms with Crippen LogP contribution in [-0.4, -0.2) is 80.7 Å². The lowest BCUT2D eigenvalue weighted by Crippen LogP contribution is -2.43. The van der Waals surface area contributed by atoms with E-state index in [2.05, 4.69) is 11.9 Å². The minimum atomic E-state index is -3.04. The van der Waals surface area contributed by atoms with Gasteiger partial charge >= 0.3 is 0 Å². The highest BCUT2D eigenvalue weighted by Gasteiger charge is 2.39. The number of likely N-dealkylation sites (tertiary alicyclic amines) is 1. The molecule has 5 nitrogen and oxygen atoms in total. The van der Waals surface area contributed by atoms with Crippen molar-refractivity contribution in [3.05, 3.63) is 0 Å². The zero-order chi connectivity index (χ0) is 12.6. The number of sulfone groups is 1. The first-order valence-electron chi connectivity index (χ1n) is 6.14. The molecular formula is C11H22N2O3S. The summed E-state index contributed by atoms with van der Waals surface area (Å²) >= 11 is 0. The van der Waals surface area contributed by atoms with Crippen molar-refractivity contribution in [1.29, 1.82) is 0 Å². The van der Waals surface area contributed by atoms with Crippen molar-refractivity contribution in [2.75, 3.05) is 45.2 Å². The van der Waals surface area contributed by atoms with Crippen molar-refractivity contribution in [3.63, 3.8) is 0 Å². The Morgan fingerprint density at radius 1 is 1.41 bits per heavy atom. The van der Waals surface area contributed by atoms with E-state index in [4.69, 9.17) is 0 Å². The van der Waals surface area contributed by atoms with Gasteiger partial charge in [0.2, 0.25) is 0 Å². The molecule has 3 atom stereocenters. The molecule has 100 valence electrons. The van der Waals surface area contributed by atoms with Gasteiger partial charge in [0.25, 0.3) is 0 Å². The van der Waals surface area contributed by atoms with Crippen LogP contribution in [0.25, 0.3) is 0 Å². The van der Waals surface area contributed by atoms with Crippen LogP contribution >= 0.6 is 0 Å². The summed E-state index contributed by atoms with van der Waals surface area (Å²) in [5.74, 6) is 0.625. The summed E-state index contributed by atoms with van der Waals surface area (Å²) in [7, 11) is 0.994. The molecule has 2 rings (SSSR count). The molecule has 0 bridgehead atoms. The van der Waals surface area contributed by atoms with Gasteiger partial charge < -0.3 is 10.0 Å². The Kier molecular flexibility index (Phi) is 3.77. The van der Waals surface area contributed by atoms with Crippen LogP contribution in [0.5, 0.6) is 0 Å². The molecule has 0 aromatic heterocycles. The third-order valence-electron chi connectivity index (χ3n) is 3.89. The summed E-state index contributed by atoms with van der Waals surface area (Å²) < 4.78 is 22.9. The Hall–Kier alpha value is -0.170. The van der Waals surface area contributed by atoms with E-state index in [9.17, 15) is 13.5 Å². The van der Waals surface area contributed by atoms with Crippen LogP contribution in [0, 0.1) is 5.92 Å². The summed E-state index contributed by atoms with van der Waals surface area (Å²) in [6.07, 6.45) is 0.445. The Bertz CT molecular complexity index is 371. The molecule has 17 heavy (non-hydrogen) atoms. The second-order valence-electron chi connectivity index (χ2n) is 5.57. The summed E-state index contributed by atoms with van der Waals surface area (Å²) in [5, 5.41) is 9.79. The van der Waals surface area contributed by atoms with Crippen LogP contribution in [0.4, 0.5) is 0 Å². The summed E-state index contributed by atoms with van der Waals surface area (Å²) in [4.78, 5) is 4.32. The van der Waals surface area contributed by atoms with Gasteiger partial charge in [0, 0.05) is 13.1 Å². The van der Waals surface area contributed by atoms with Crippen molar-refractivity contribution in [1.82, 2.24) is 9.80 Å². The predicted octanol–water partition coefficient (Wildman–Crippen LogP) is -0.972. The molecule has 1 N–H and O–H groups in total. The van der Waals surface area contributed by atoms with Gasteiger partial charge in [-0.25, -0.2) is 8.42 Å². The van der Waals surface area contributed by atoms with Gasteiger partial charge in [0.15, 0.2) is 9.84 Å². The number of nitrogens with zero attached hydrogens (tertiary/aromatic N) is 2. The zero-order valence-corrected chi connectivity index (χ0v) is 11.4. The lowest BCUT2D eigenvalue weighted by atomic mass is 10.1. The van der Waals surface area contributed by atoms with E-state index >= 15 is 0 Å².